The van der Waals surface area contributed by atoms with Crippen LogP contribution >= 0.6 is 22.6 Å². The Morgan fingerprint density at radius 1 is 1.33 bits per heavy atom. The van der Waals surface area contributed by atoms with Crippen LogP contribution < -0.4 is 10.1 Å². The fraction of sp³-hybridized carbons (Fsp3) is 0.250. The zero-order valence-corrected chi connectivity index (χ0v) is 14.2. The number of benzene rings is 1. The molecule has 4 nitrogen and oxygen atoms in total. The van der Waals surface area contributed by atoms with E-state index in [0.717, 1.165) is 15.7 Å². The number of carbonyl (C=O) groups excluding carboxylic acids is 1. The average molecular weight is 396 g/mol. The SMILES string of the molecule is CCCOc1cccc(C(=O)Nc2ccc(I)c(C)n2)c1. The van der Waals surface area contributed by atoms with Gasteiger partial charge in [0, 0.05) is 9.13 Å². The highest BCUT2D eigenvalue weighted by atomic mass is 127. The summed E-state index contributed by atoms with van der Waals surface area (Å²) >= 11 is 2.21. The molecule has 2 aromatic rings. The highest BCUT2D eigenvalue weighted by Gasteiger charge is 2.08. The van der Waals surface area contributed by atoms with Crippen LogP contribution in [0.2, 0.25) is 0 Å². The van der Waals surface area contributed by atoms with E-state index in [-0.39, 0.29) is 5.91 Å². The molecule has 0 saturated carbocycles. The minimum Gasteiger partial charge on any atom is -0.494 e. The average Bonchev–Trinajstić information content (AvgIpc) is 2.49. The smallest absolute Gasteiger partial charge is 0.256 e. The number of rotatable bonds is 5. The number of amides is 1. The van der Waals surface area contributed by atoms with Crippen LogP contribution in [0.15, 0.2) is 36.4 Å². The Bertz CT molecular complexity index is 644. The van der Waals surface area contributed by atoms with Gasteiger partial charge in [0.1, 0.15) is 11.6 Å². The van der Waals surface area contributed by atoms with Crippen LogP contribution in [-0.2, 0) is 0 Å². The maximum atomic E-state index is 12.2. The lowest BCUT2D eigenvalue weighted by Crippen LogP contribution is -2.13. The molecular weight excluding hydrogens is 379 g/mol. The van der Waals surface area contributed by atoms with Crippen molar-refractivity contribution in [3.8, 4) is 5.75 Å². The number of nitrogens with one attached hydrogen (secondary N) is 1. The zero-order valence-electron chi connectivity index (χ0n) is 12.0. The number of aryl methyl sites for hydroxylation is 1. The number of carbonyl (C=O) groups is 1. The van der Waals surface area contributed by atoms with Crippen LogP contribution in [0.4, 0.5) is 5.82 Å². The van der Waals surface area contributed by atoms with Crippen molar-refractivity contribution < 1.29 is 9.53 Å². The van der Waals surface area contributed by atoms with Crippen molar-refractivity contribution in [2.24, 2.45) is 0 Å². The maximum Gasteiger partial charge on any atom is 0.256 e. The lowest BCUT2D eigenvalue weighted by molar-refractivity contribution is 0.102. The summed E-state index contributed by atoms with van der Waals surface area (Å²) in [6, 6.07) is 10.9. The van der Waals surface area contributed by atoms with E-state index in [1.165, 1.54) is 0 Å². The summed E-state index contributed by atoms with van der Waals surface area (Å²) < 4.78 is 6.60. The fourth-order valence-corrected chi connectivity index (χ4v) is 2.05. The molecule has 1 heterocycles. The predicted molar refractivity (Wildman–Crippen MR) is 91.9 cm³/mol. The third-order valence-electron chi connectivity index (χ3n) is 2.83. The van der Waals surface area contributed by atoms with E-state index in [4.69, 9.17) is 4.74 Å². The number of pyridine rings is 1. The first-order chi connectivity index (χ1) is 10.1. The molecule has 0 aliphatic rings. The van der Waals surface area contributed by atoms with E-state index in [2.05, 4.69) is 32.9 Å². The van der Waals surface area contributed by atoms with E-state index in [9.17, 15) is 4.79 Å². The van der Waals surface area contributed by atoms with E-state index < -0.39 is 0 Å². The van der Waals surface area contributed by atoms with Crippen molar-refractivity contribution in [2.45, 2.75) is 20.3 Å². The van der Waals surface area contributed by atoms with Crippen molar-refractivity contribution in [1.82, 2.24) is 4.98 Å². The third-order valence-corrected chi connectivity index (χ3v) is 3.97. The second kappa shape index (κ2) is 7.40. The quantitative estimate of drug-likeness (QED) is 0.777. The highest BCUT2D eigenvalue weighted by molar-refractivity contribution is 14.1. The molecule has 0 radical (unpaired) electrons. The molecule has 0 saturated heterocycles. The Morgan fingerprint density at radius 3 is 2.86 bits per heavy atom. The Balaban J connectivity index is 2.10. The van der Waals surface area contributed by atoms with Gasteiger partial charge in [0.15, 0.2) is 0 Å². The molecule has 1 N–H and O–H groups in total. The maximum absolute atomic E-state index is 12.2. The number of hydrogen-bond donors (Lipinski definition) is 1. The Hall–Kier alpha value is -1.63. The van der Waals surface area contributed by atoms with Crippen molar-refractivity contribution in [1.29, 1.82) is 0 Å². The van der Waals surface area contributed by atoms with Gasteiger partial charge >= 0.3 is 0 Å². The Labute approximate surface area is 138 Å². The molecule has 1 aromatic heterocycles. The summed E-state index contributed by atoms with van der Waals surface area (Å²) in [4.78, 5) is 16.6. The molecule has 110 valence electrons. The molecule has 0 aliphatic heterocycles. The van der Waals surface area contributed by atoms with E-state index >= 15 is 0 Å². The molecule has 0 aliphatic carbocycles. The molecular formula is C16H17IN2O2. The largest absolute Gasteiger partial charge is 0.494 e. The number of halogens is 1. The molecule has 1 aromatic carbocycles. The Kier molecular flexibility index (Phi) is 5.55. The first kappa shape index (κ1) is 15.8. The monoisotopic (exact) mass is 396 g/mol. The summed E-state index contributed by atoms with van der Waals surface area (Å²) in [6.45, 7) is 4.60. The lowest BCUT2D eigenvalue weighted by atomic mass is 10.2. The van der Waals surface area contributed by atoms with Crippen molar-refractivity contribution >= 4 is 34.3 Å². The van der Waals surface area contributed by atoms with Crippen LogP contribution in [0.5, 0.6) is 5.75 Å². The number of nitrogens with zero attached hydrogens (tertiary/aromatic N) is 1. The normalized spacial score (nSPS) is 10.2. The minimum absolute atomic E-state index is 0.190. The van der Waals surface area contributed by atoms with Gasteiger partial charge < -0.3 is 10.1 Å². The molecule has 0 bridgehead atoms. The van der Waals surface area contributed by atoms with E-state index in [1.807, 2.05) is 32.0 Å². The van der Waals surface area contributed by atoms with Gasteiger partial charge in [0.05, 0.1) is 12.3 Å². The summed E-state index contributed by atoms with van der Waals surface area (Å²) in [7, 11) is 0. The molecule has 0 spiro atoms. The highest BCUT2D eigenvalue weighted by Crippen LogP contribution is 2.16. The van der Waals surface area contributed by atoms with E-state index in [0.29, 0.717) is 23.7 Å². The number of anilines is 1. The molecule has 2 rings (SSSR count). The lowest BCUT2D eigenvalue weighted by Gasteiger charge is -2.08. The number of hydrogen-bond acceptors (Lipinski definition) is 3. The van der Waals surface area contributed by atoms with Crippen LogP contribution in [0.3, 0.4) is 0 Å². The third kappa shape index (κ3) is 4.42. The Morgan fingerprint density at radius 2 is 2.14 bits per heavy atom. The molecule has 1 amide bonds. The van der Waals surface area contributed by atoms with Crippen LogP contribution in [0, 0.1) is 10.5 Å². The van der Waals surface area contributed by atoms with Gasteiger partial charge in [0.25, 0.3) is 5.91 Å². The van der Waals surface area contributed by atoms with Crippen LogP contribution in [-0.4, -0.2) is 17.5 Å². The van der Waals surface area contributed by atoms with Crippen LogP contribution in [0.25, 0.3) is 0 Å². The van der Waals surface area contributed by atoms with E-state index in [1.54, 1.807) is 18.2 Å². The molecule has 0 unspecified atom stereocenters. The molecule has 21 heavy (non-hydrogen) atoms. The minimum atomic E-state index is -0.190. The summed E-state index contributed by atoms with van der Waals surface area (Å²) in [5.74, 6) is 1.07. The van der Waals surface area contributed by atoms with Crippen LogP contribution in [0.1, 0.15) is 29.4 Å². The summed E-state index contributed by atoms with van der Waals surface area (Å²) in [5, 5.41) is 2.80. The molecule has 0 atom stereocenters. The first-order valence-corrected chi connectivity index (χ1v) is 7.85. The van der Waals surface area contributed by atoms with Gasteiger partial charge in [-0.2, -0.15) is 0 Å². The predicted octanol–water partition coefficient (Wildman–Crippen LogP) is 4.04. The summed E-state index contributed by atoms with van der Waals surface area (Å²) in [6.07, 6.45) is 0.933. The van der Waals surface area contributed by atoms with Crippen molar-refractivity contribution in [3.05, 3.63) is 51.2 Å². The van der Waals surface area contributed by atoms with Gasteiger partial charge in [0.2, 0.25) is 0 Å². The summed E-state index contributed by atoms with van der Waals surface area (Å²) in [5.41, 5.74) is 1.45. The molecule has 0 fully saturated rings. The topological polar surface area (TPSA) is 51.2 Å². The van der Waals surface area contributed by atoms with Gasteiger partial charge in [-0.05, 0) is 66.3 Å². The standard InChI is InChI=1S/C16H17IN2O2/c1-3-9-21-13-6-4-5-12(10-13)16(20)19-15-8-7-14(17)11(2)18-15/h4-8,10H,3,9H2,1-2H3,(H,18,19,20). The van der Waals surface area contributed by atoms with Gasteiger partial charge in [-0.25, -0.2) is 4.98 Å². The first-order valence-electron chi connectivity index (χ1n) is 6.77. The number of ether oxygens (including phenoxy) is 1. The van der Waals surface area contributed by atoms with Gasteiger partial charge in [-0.3, -0.25) is 4.79 Å². The van der Waals surface area contributed by atoms with Gasteiger partial charge in [-0.15, -0.1) is 0 Å². The zero-order chi connectivity index (χ0) is 15.2. The van der Waals surface area contributed by atoms with Crippen molar-refractivity contribution in [3.63, 3.8) is 0 Å². The van der Waals surface area contributed by atoms with Gasteiger partial charge in [-0.1, -0.05) is 13.0 Å². The fourth-order valence-electron chi connectivity index (χ4n) is 1.75. The number of aromatic nitrogens is 1. The second-order valence-electron chi connectivity index (χ2n) is 4.59. The second-order valence-corrected chi connectivity index (χ2v) is 5.76. The van der Waals surface area contributed by atoms with Crippen molar-refractivity contribution in [2.75, 3.05) is 11.9 Å². The molecule has 5 heteroatoms.